The lowest BCUT2D eigenvalue weighted by Gasteiger charge is -2.36. The van der Waals surface area contributed by atoms with Crippen molar-refractivity contribution >= 4 is 17.5 Å². The van der Waals surface area contributed by atoms with Gasteiger partial charge in [-0.3, -0.25) is 9.59 Å². The second kappa shape index (κ2) is 8.86. The highest BCUT2D eigenvalue weighted by Gasteiger charge is 2.40. The quantitative estimate of drug-likeness (QED) is 0.742. The highest BCUT2D eigenvalue weighted by Crippen LogP contribution is 2.45. The number of hydrogen-bond donors (Lipinski definition) is 2. The molecule has 0 radical (unpaired) electrons. The zero-order valence-corrected chi connectivity index (χ0v) is 18.7. The largest absolute Gasteiger partial charge is 0.493 e. The van der Waals surface area contributed by atoms with Gasteiger partial charge < -0.3 is 20.1 Å². The molecule has 0 bridgehead atoms. The molecule has 0 spiro atoms. The number of ether oxygens (including phenoxy) is 2. The van der Waals surface area contributed by atoms with Gasteiger partial charge in [-0.2, -0.15) is 0 Å². The van der Waals surface area contributed by atoms with Crippen LogP contribution in [0.25, 0.3) is 0 Å². The number of nitrogens with zero attached hydrogens (tertiary/aromatic N) is 1. The monoisotopic (exact) mass is 433 g/mol. The van der Waals surface area contributed by atoms with Gasteiger partial charge in [0.1, 0.15) is 5.82 Å². The maximum absolute atomic E-state index is 13.4. The van der Waals surface area contributed by atoms with Crippen molar-refractivity contribution in [3.8, 4) is 11.5 Å². The maximum atomic E-state index is 13.4. The number of dihydropyridines is 1. The number of amides is 1. The smallest absolute Gasteiger partial charge is 0.255 e. The first-order valence-electron chi connectivity index (χ1n) is 10.6. The van der Waals surface area contributed by atoms with Gasteiger partial charge in [0.25, 0.3) is 5.91 Å². The first-order valence-corrected chi connectivity index (χ1v) is 10.6. The van der Waals surface area contributed by atoms with E-state index in [1.165, 1.54) is 0 Å². The molecule has 1 aliphatic heterocycles. The van der Waals surface area contributed by atoms with E-state index >= 15 is 0 Å². The number of methoxy groups -OCH3 is 2. The molecule has 1 aliphatic carbocycles. The highest BCUT2D eigenvalue weighted by atomic mass is 16.5. The van der Waals surface area contributed by atoms with E-state index in [1.54, 1.807) is 38.6 Å². The molecule has 2 aliphatic rings. The molecule has 2 aromatic rings. The van der Waals surface area contributed by atoms with Crippen molar-refractivity contribution in [2.75, 3.05) is 19.5 Å². The van der Waals surface area contributed by atoms with Crippen LogP contribution in [0.2, 0.25) is 0 Å². The van der Waals surface area contributed by atoms with Crippen molar-refractivity contribution in [2.45, 2.75) is 32.6 Å². The van der Waals surface area contributed by atoms with E-state index in [4.69, 9.17) is 9.47 Å². The Hall–Kier alpha value is -3.61. The number of aromatic nitrogens is 1. The number of pyridine rings is 1. The second-order valence-corrected chi connectivity index (χ2v) is 8.21. The minimum absolute atomic E-state index is 0.0571. The van der Waals surface area contributed by atoms with Gasteiger partial charge in [-0.1, -0.05) is 19.1 Å². The van der Waals surface area contributed by atoms with Crippen LogP contribution in [0.1, 0.15) is 38.2 Å². The van der Waals surface area contributed by atoms with Crippen molar-refractivity contribution in [1.29, 1.82) is 0 Å². The van der Waals surface area contributed by atoms with Crippen molar-refractivity contribution in [3.05, 3.63) is 70.7 Å². The van der Waals surface area contributed by atoms with Gasteiger partial charge in [-0.15, -0.1) is 0 Å². The van der Waals surface area contributed by atoms with E-state index in [-0.39, 0.29) is 17.6 Å². The Morgan fingerprint density at radius 2 is 1.91 bits per heavy atom. The molecule has 1 aromatic heterocycles. The molecule has 166 valence electrons. The Bertz CT molecular complexity index is 1120. The zero-order valence-electron chi connectivity index (χ0n) is 18.7. The van der Waals surface area contributed by atoms with Gasteiger partial charge in [-0.05, 0) is 49.1 Å². The predicted octanol–water partition coefficient (Wildman–Crippen LogP) is 3.95. The molecule has 1 amide bonds. The van der Waals surface area contributed by atoms with Crippen LogP contribution in [0.3, 0.4) is 0 Å². The molecule has 2 N–H and O–H groups in total. The number of carbonyl (C=O) groups excluding carboxylic acids is 2. The van der Waals surface area contributed by atoms with Gasteiger partial charge in [0.05, 0.1) is 14.2 Å². The van der Waals surface area contributed by atoms with Crippen LogP contribution < -0.4 is 20.1 Å². The second-order valence-electron chi connectivity index (χ2n) is 8.21. The summed E-state index contributed by atoms with van der Waals surface area (Å²) >= 11 is 0. The lowest BCUT2D eigenvalue weighted by Crippen LogP contribution is -2.37. The van der Waals surface area contributed by atoms with Crippen LogP contribution in [-0.2, 0) is 9.59 Å². The SMILES string of the molecule is COc1ccc([C@H]2C(C(=O)Nc3ccccn3)=C(C)NC3=C2C(=O)C[C@@H](C)C3)cc1OC. The molecule has 4 rings (SSSR count). The normalized spacial score (nSPS) is 20.4. The van der Waals surface area contributed by atoms with Crippen LogP contribution in [0.5, 0.6) is 11.5 Å². The Balaban J connectivity index is 1.83. The number of anilines is 1. The lowest BCUT2D eigenvalue weighted by atomic mass is 9.73. The molecule has 0 saturated carbocycles. The van der Waals surface area contributed by atoms with Crippen LogP contribution in [0.4, 0.5) is 5.82 Å². The Labute approximate surface area is 187 Å². The number of carbonyl (C=O) groups is 2. The molecule has 1 aromatic carbocycles. The topological polar surface area (TPSA) is 89.5 Å². The first kappa shape index (κ1) is 21.6. The van der Waals surface area contributed by atoms with Crippen LogP contribution in [0, 0.1) is 5.92 Å². The fourth-order valence-corrected chi connectivity index (χ4v) is 4.52. The molecular weight excluding hydrogens is 406 g/mol. The van der Waals surface area contributed by atoms with Crippen molar-refractivity contribution in [2.24, 2.45) is 5.92 Å². The minimum atomic E-state index is -0.519. The number of ketones is 1. The Kier molecular flexibility index (Phi) is 5.99. The van der Waals surface area contributed by atoms with E-state index in [1.807, 2.05) is 25.1 Å². The summed E-state index contributed by atoms with van der Waals surface area (Å²) in [5.74, 6) is 1.07. The molecule has 2 atom stereocenters. The summed E-state index contributed by atoms with van der Waals surface area (Å²) in [4.78, 5) is 30.9. The molecule has 0 unspecified atom stereocenters. The summed E-state index contributed by atoms with van der Waals surface area (Å²) in [5.41, 5.74) is 3.54. The summed E-state index contributed by atoms with van der Waals surface area (Å²) in [6.45, 7) is 3.94. The van der Waals surface area contributed by atoms with Gasteiger partial charge in [0.15, 0.2) is 17.3 Å². The molecule has 7 heteroatoms. The average Bonchev–Trinajstić information content (AvgIpc) is 2.78. The fourth-order valence-electron chi connectivity index (χ4n) is 4.52. The zero-order chi connectivity index (χ0) is 22.8. The van der Waals surface area contributed by atoms with Crippen molar-refractivity contribution in [1.82, 2.24) is 10.3 Å². The van der Waals surface area contributed by atoms with E-state index in [2.05, 4.69) is 22.5 Å². The summed E-state index contributed by atoms with van der Waals surface area (Å²) in [6, 6.07) is 10.8. The van der Waals surface area contributed by atoms with Gasteiger partial charge >= 0.3 is 0 Å². The third kappa shape index (κ3) is 3.98. The van der Waals surface area contributed by atoms with Crippen molar-refractivity contribution < 1.29 is 19.1 Å². The van der Waals surface area contributed by atoms with Crippen LogP contribution in [0.15, 0.2) is 65.1 Å². The van der Waals surface area contributed by atoms with Crippen LogP contribution in [-0.4, -0.2) is 30.9 Å². The Morgan fingerprint density at radius 3 is 2.59 bits per heavy atom. The summed E-state index contributed by atoms with van der Waals surface area (Å²) in [5, 5.41) is 6.22. The summed E-state index contributed by atoms with van der Waals surface area (Å²) in [7, 11) is 3.14. The fraction of sp³-hybridized carbons (Fsp3) is 0.320. The molecule has 2 heterocycles. The van der Waals surface area contributed by atoms with Crippen LogP contribution >= 0.6 is 0 Å². The number of rotatable bonds is 5. The van der Waals surface area contributed by atoms with Gasteiger partial charge in [0.2, 0.25) is 0 Å². The molecular formula is C25H27N3O4. The number of benzene rings is 1. The van der Waals surface area contributed by atoms with E-state index in [0.717, 1.165) is 23.4 Å². The summed E-state index contributed by atoms with van der Waals surface area (Å²) < 4.78 is 10.9. The first-order chi connectivity index (χ1) is 15.4. The number of nitrogens with one attached hydrogen (secondary N) is 2. The van der Waals surface area contributed by atoms with Crippen molar-refractivity contribution in [3.63, 3.8) is 0 Å². The standard InChI is InChI=1S/C25H27N3O4/c1-14-11-17-24(18(29)12-14)23(16-8-9-19(31-3)20(13-16)32-4)22(15(2)27-17)25(30)28-21-7-5-6-10-26-21/h5-10,13-14,23,27H,11-12H2,1-4H3,(H,26,28,30)/t14-,23-/m0/s1. The third-order valence-electron chi connectivity index (χ3n) is 5.92. The Morgan fingerprint density at radius 1 is 1.12 bits per heavy atom. The van der Waals surface area contributed by atoms with Gasteiger partial charge in [0, 0.05) is 41.1 Å². The number of allylic oxidation sites excluding steroid dienone is 3. The minimum Gasteiger partial charge on any atom is -0.493 e. The number of Topliss-reactive ketones (excluding diaryl/α,β-unsaturated/α-hetero) is 1. The predicted molar refractivity (Wildman–Crippen MR) is 121 cm³/mol. The van der Waals surface area contributed by atoms with E-state index in [0.29, 0.717) is 34.9 Å². The molecule has 32 heavy (non-hydrogen) atoms. The summed E-state index contributed by atoms with van der Waals surface area (Å²) in [6.07, 6.45) is 2.84. The van der Waals surface area contributed by atoms with E-state index in [9.17, 15) is 9.59 Å². The van der Waals surface area contributed by atoms with E-state index < -0.39 is 5.92 Å². The highest BCUT2D eigenvalue weighted by molar-refractivity contribution is 6.09. The molecule has 0 fully saturated rings. The number of hydrogen-bond acceptors (Lipinski definition) is 6. The van der Waals surface area contributed by atoms with Gasteiger partial charge in [-0.25, -0.2) is 4.98 Å². The average molecular weight is 434 g/mol. The third-order valence-corrected chi connectivity index (χ3v) is 5.92. The maximum Gasteiger partial charge on any atom is 0.255 e. The molecule has 0 saturated heterocycles. The molecule has 7 nitrogen and oxygen atoms in total. The lowest BCUT2D eigenvalue weighted by molar-refractivity contribution is -0.117.